The van der Waals surface area contributed by atoms with E-state index in [0.717, 1.165) is 10.6 Å². The number of nitrogens with one attached hydrogen (secondary N) is 2. The molecule has 0 atom stereocenters. The van der Waals surface area contributed by atoms with Gasteiger partial charge in [0.1, 0.15) is 0 Å². The molecule has 1 aliphatic heterocycles. The number of amides is 3. The number of hydrogen-bond acceptors (Lipinski definition) is 4. The molecule has 8 heteroatoms. The Bertz CT molecular complexity index is 859. The van der Waals surface area contributed by atoms with E-state index in [4.69, 9.17) is 11.6 Å². The Balaban J connectivity index is 1.53. The number of thioether (sulfide) groups is 1. The minimum atomic E-state index is -0.461. The van der Waals surface area contributed by atoms with E-state index in [0.29, 0.717) is 16.3 Å². The zero-order chi connectivity index (χ0) is 18.5. The average Bonchev–Trinajstić information content (AvgIpc) is 2.65. The summed E-state index contributed by atoms with van der Waals surface area (Å²) in [6, 6.07) is 14.0. The summed E-state index contributed by atoms with van der Waals surface area (Å²) in [6.45, 7) is 0.245. The maximum absolute atomic E-state index is 12.1. The Hall–Kier alpha value is -2.51. The van der Waals surface area contributed by atoms with Crippen LogP contribution in [0, 0.1) is 0 Å². The van der Waals surface area contributed by atoms with Gasteiger partial charge in [-0.05, 0) is 30.3 Å². The van der Waals surface area contributed by atoms with Gasteiger partial charge in [0.05, 0.1) is 11.4 Å². The molecular formula is C18H16ClN3O3S. The van der Waals surface area contributed by atoms with E-state index in [1.807, 2.05) is 24.3 Å². The number of benzene rings is 2. The van der Waals surface area contributed by atoms with Gasteiger partial charge < -0.3 is 4.90 Å². The van der Waals surface area contributed by atoms with Gasteiger partial charge in [-0.2, -0.15) is 0 Å². The topological polar surface area (TPSA) is 78.5 Å². The summed E-state index contributed by atoms with van der Waals surface area (Å²) in [5, 5.41) is 0.434. The summed E-state index contributed by atoms with van der Waals surface area (Å²) in [7, 11) is 0. The first-order valence-corrected chi connectivity index (χ1v) is 9.28. The van der Waals surface area contributed by atoms with E-state index in [-0.39, 0.29) is 24.8 Å². The van der Waals surface area contributed by atoms with Crippen molar-refractivity contribution in [2.75, 3.05) is 17.2 Å². The molecule has 2 aromatic carbocycles. The highest BCUT2D eigenvalue weighted by molar-refractivity contribution is 8.00. The van der Waals surface area contributed by atoms with Gasteiger partial charge in [-0.3, -0.25) is 25.2 Å². The number of anilines is 1. The third kappa shape index (κ3) is 4.36. The zero-order valence-electron chi connectivity index (χ0n) is 13.7. The smallest absolute Gasteiger partial charge is 0.269 e. The molecule has 134 valence electrons. The maximum atomic E-state index is 12.1. The molecule has 1 aliphatic rings. The summed E-state index contributed by atoms with van der Waals surface area (Å²) < 4.78 is 0. The summed E-state index contributed by atoms with van der Waals surface area (Å²) in [5.41, 5.74) is 5.85. The fourth-order valence-corrected chi connectivity index (χ4v) is 3.63. The van der Waals surface area contributed by atoms with E-state index in [9.17, 15) is 14.4 Å². The van der Waals surface area contributed by atoms with Crippen LogP contribution >= 0.6 is 23.4 Å². The highest BCUT2D eigenvalue weighted by atomic mass is 35.5. The first-order valence-electron chi connectivity index (χ1n) is 7.91. The van der Waals surface area contributed by atoms with Gasteiger partial charge in [-0.25, -0.2) is 0 Å². The second-order valence-electron chi connectivity index (χ2n) is 5.56. The van der Waals surface area contributed by atoms with Crippen LogP contribution in [0.1, 0.15) is 16.8 Å². The van der Waals surface area contributed by atoms with Crippen LogP contribution in [-0.2, 0) is 9.59 Å². The Labute approximate surface area is 159 Å². The highest BCUT2D eigenvalue weighted by Gasteiger charge is 2.24. The van der Waals surface area contributed by atoms with Crippen molar-refractivity contribution in [2.45, 2.75) is 11.3 Å². The van der Waals surface area contributed by atoms with E-state index in [1.54, 1.807) is 23.1 Å². The van der Waals surface area contributed by atoms with Crippen molar-refractivity contribution < 1.29 is 14.4 Å². The molecule has 2 aromatic rings. The number of hydrogen-bond donors (Lipinski definition) is 2. The Morgan fingerprint density at radius 1 is 1.12 bits per heavy atom. The SMILES string of the molecule is O=C(CCN1C(=O)CSc2ccccc21)NNC(=O)c1cccc(Cl)c1. The second-order valence-corrected chi connectivity index (χ2v) is 7.02. The summed E-state index contributed by atoms with van der Waals surface area (Å²) >= 11 is 7.32. The number of carbonyl (C=O) groups excluding carboxylic acids is 3. The molecule has 0 aromatic heterocycles. The predicted octanol–water partition coefficient (Wildman–Crippen LogP) is 2.63. The molecule has 1 heterocycles. The van der Waals surface area contributed by atoms with Crippen molar-refractivity contribution in [1.29, 1.82) is 0 Å². The molecule has 0 bridgehead atoms. The minimum Gasteiger partial charge on any atom is -0.310 e. The Morgan fingerprint density at radius 3 is 2.73 bits per heavy atom. The van der Waals surface area contributed by atoms with Gasteiger partial charge in [-0.15, -0.1) is 11.8 Å². The fraction of sp³-hybridized carbons (Fsp3) is 0.167. The first-order chi connectivity index (χ1) is 12.5. The number of rotatable bonds is 4. The number of hydrazine groups is 1. The van der Waals surface area contributed by atoms with Crippen molar-refractivity contribution in [3.8, 4) is 0 Å². The van der Waals surface area contributed by atoms with E-state index in [2.05, 4.69) is 10.9 Å². The lowest BCUT2D eigenvalue weighted by Crippen LogP contribution is -2.44. The van der Waals surface area contributed by atoms with Gasteiger partial charge in [-0.1, -0.05) is 29.8 Å². The molecule has 3 amide bonds. The van der Waals surface area contributed by atoms with Crippen molar-refractivity contribution in [1.82, 2.24) is 10.9 Å². The molecular weight excluding hydrogens is 374 g/mol. The average molecular weight is 390 g/mol. The molecule has 0 fully saturated rings. The Kier molecular flexibility index (Phi) is 5.80. The molecule has 2 N–H and O–H groups in total. The van der Waals surface area contributed by atoms with Crippen LogP contribution in [0.15, 0.2) is 53.4 Å². The molecule has 0 aliphatic carbocycles. The van der Waals surface area contributed by atoms with Crippen LogP contribution in [0.4, 0.5) is 5.69 Å². The number of fused-ring (bicyclic) bond motifs is 1. The van der Waals surface area contributed by atoms with Crippen LogP contribution in [0.3, 0.4) is 0 Å². The molecule has 6 nitrogen and oxygen atoms in total. The third-order valence-electron chi connectivity index (χ3n) is 3.77. The van der Waals surface area contributed by atoms with Gasteiger partial charge in [0.2, 0.25) is 11.8 Å². The largest absolute Gasteiger partial charge is 0.310 e. The lowest BCUT2D eigenvalue weighted by molar-refractivity contribution is -0.121. The molecule has 0 saturated heterocycles. The summed E-state index contributed by atoms with van der Waals surface area (Å²) in [6.07, 6.45) is 0.0700. The second kappa shape index (κ2) is 8.25. The molecule has 3 rings (SSSR count). The van der Waals surface area contributed by atoms with Crippen molar-refractivity contribution in [2.24, 2.45) is 0 Å². The normalized spacial score (nSPS) is 13.1. The third-order valence-corrected chi connectivity index (χ3v) is 5.06. The number of carbonyl (C=O) groups is 3. The lowest BCUT2D eigenvalue weighted by Gasteiger charge is -2.28. The highest BCUT2D eigenvalue weighted by Crippen LogP contribution is 2.34. The lowest BCUT2D eigenvalue weighted by atomic mass is 10.2. The van der Waals surface area contributed by atoms with Crippen molar-refractivity contribution >= 4 is 46.8 Å². The molecule has 0 radical (unpaired) electrons. The zero-order valence-corrected chi connectivity index (χ0v) is 15.3. The van der Waals surface area contributed by atoms with E-state index >= 15 is 0 Å². The van der Waals surface area contributed by atoms with E-state index < -0.39 is 5.91 Å². The first kappa shape index (κ1) is 18.3. The van der Waals surface area contributed by atoms with Gasteiger partial charge >= 0.3 is 0 Å². The van der Waals surface area contributed by atoms with Gasteiger partial charge in [0.25, 0.3) is 5.91 Å². The number of halogens is 1. The molecule has 0 spiro atoms. The number of para-hydroxylation sites is 1. The van der Waals surface area contributed by atoms with Crippen LogP contribution in [0.2, 0.25) is 5.02 Å². The Morgan fingerprint density at radius 2 is 1.92 bits per heavy atom. The quantitative estimate of drug-likeness (QED) is 0.788. The van der Waals surface area contributed by atoms with Crippen LogP contribution < -0.4 is 15.8 Å². The molecule has 0 unspecified atom stereocenters. The molecule has 26 heavy (non-hydrogen) atoms. The minimum absolute atomic E-state index is 0.0375. The maximum Gasteiger partial charge on any atom is 0.269 e. The number of nitrogens with zero attached hydrogens (tertiary/aromatic N) is 1. The van der Waals surface area contributed by atoms with E-state index in [1.165, 1.54) is 17.8 Å². The molecule has 0 saturated carbocycles. The van der Waals surface area contributed by atoms with Crippen LogP contribution in [0.25, 0.3) is 0 Å². The van der Waals surface area contributed by atoms with Gasteiger partial charge in [0.15, 0.2) is 0 Å². The van der Waals surface area contributed by atoms with Crippen LogP contribution in [0.5, 0.6) is 0 Å². The van der Waals surface area contributed by atoms with Crippen LogP contribution in [-0.4, -0.2) is 30.0 Å². The van der Waals surface area contributed by atoms with Crippen molar-refractivity contribution in [3.05, 3.63) is 59.1 Å². The summed E-state index contributed by atoms with van der Waals surface area (Å²) in [5.74, 6) is -0.533. The fourth-order valence-electron chi connectivity index (χ4n) is 2.50. The monoisotopic (exact) mass is 389 g/mol. The summed E-state index contributed by atoms with van der Waals surface area (Å²) in [4.78, 5) is 38.7. The van der Waals surface area contributed by atoms with Crippen molar-refractivity contribution in [3.63, 3.8) is 0 Å². The standard InChI is InChI=1S/C18H16ClN3O3S/c19-13-5-3-4-12(10-13)18(25)21-20-16(23)8-9-22-14-6-1-2-7-15(14)26-11-17(22)24/h1-7,10H,8-9,11H2,(H,20,23)(H,21,25). The predicted molar refractivity (Wildman–Crippen MR) is 101 cm³/mol. The van der Waals surface area contributed by atoms with Gasteiger partial charge in [0, 0.05) is 28.4 Å².